The number of ether oxygens (including phenoxy) is 2. The Bertz CT molecular complexity index is 793. The van der Waals surface area contributed by atoms with E-state index >= 15 is 0 Å². The van der Waals surface area contributed by atoms with Crippen molar-refractivity contribution in [2.24, 2.45) is 5.92 Å². The Morgan fingerprint density at radius 1 is 0.727 bits per heavy atom. The number of unbranched alkanes of at least 4 members (excludes halogenated alkanes) is 6. The molecule has 0 atom stereocenters. The molecular weight excluding hydrogens is 411 g/mol. The van der Waals surface area contributed by atoms with Gasteiger partial charge in [-0.3, -0.25) is 0 Å². The molecule has 2 nitrogen and oxygen atoms in total. The molecule has 2 aromatic rings. The molecule has 1 fully saturated rings. The fraction of sp³-hybridized carbons (Fsp3) is 0.600. The Morgan fingerprint density at radius 3 is 2.09 bits per heavy atom. The van der Waals surface area contributed by atoms with E-state index in [0.717, 1.165) is 50.0 Å². The van der Waals surface area contributed by atoms with Crippen molar-refractivity contribution < 1.29 is 13.9 Å². The number of aryl methyl sites for hydroxylation is 2. The predicted octanol–water partition coefficient (Wildman–Crippen LogP) is 8.51. The van der Waals surface area contributed by atoms with Gasteiger partial charge in [-0.2, -0.15) is 0 Å². The number of benzene rings is 2. The third kappa shape index (κ3) is 8.87. The third-order valence-electron chi connectivity index (χ3n) is 6.79. The van der Waals surface area contributed by atoms with E-state index in [1.165, 1.54) is 56.9 Å². The van der Waals surface area contributed by atoms with Gasteiger partial charge in [0.05, 0.1) is 13.2 Å². The zero-order chi connectivity index (χ0) is 23.3. The highest BCUT2D eigenvalue weighted by Gasteiger charge is 2.21. The molecule has 1 aliphatic rings. The second kappa shape index (κ2) is 14.5. The molecule has 0 unspecified atom stereocenters. The van der Waals surface area contributed by atoms with Crippen LogP contribution in [-0.2, 0) is 22.3 Å². The first-order valence-corrected chi connectivity index (χ1v) is 13.3. The summed E-state index contributed by atoms with van der Waals surface area (Å²) >= 11 is 0. The SMILES string of the molecule is CCCCCCCC1COC(CCc2ccc(-c3ccc(CCCCC)cc3F)cc2)OC1. The largest absolute Gasteiger partial charge is 0.352 e. The Kier molecular flexibility index (Phi) is 11.4. The van der Waals surface area contributed by atoms with Crippen molar-refractivity contribution in [3.05, 3.63) is 59.4 Å². The average Bonchev–Trinajstić information content (AvgIpc) is 2.84. The average molecular weight is 455 g/mol. The molecule has 0 bridgehead atoms. The second-order valence-corrected chi connectivity index (χ2v) is 9.67. The summed E-state index contributed by atoms with van der Waals surface area (Å²) in [5.41, 5.74) is 3.94. The van der Waals surface area contributed by atoms with Gasteiger partial charge < -0.3 is 9.47 Å². The van der Waals surface area contributed by atoms with Crippen LogP contribution in [0.2, 0.25) is 0 Å². The highest BCUT2D eigenvalue weighted by Crippen LogP contribution is 2.26. The van der Waals surface area contributed by atoms with Crippen LogP contribution in [0.5, 0.6) is 0 Å². The van der Waals surface area contributed by atoms with Gasteiger partial charge in [0.1, 0.15) is 5.82 Å². The van der Waals surface area contributed by atoms with Crippen LogP contribution < -0.4 is 0 Å². The molecule has 1 aliphatic heterocycles. The molecule has 182 valence electrons. The zero-order valence-corrected chi connectivity index (χ0v) is 20.8. The summed E-state index contributed by atoms with van der Waals surface area (Å²) in [4.78, 5) is 0. The molecule has 33 heavy (non-hydrogen) atoms. The molecule has 3 rings (SSSR count). The Balaban J connectivity index is 1.40. The molecule has 0 aliphatic carbocycles. The summed E-state index contributed by atoms with van der Waals surface area (Å²) < 4.78 is 26.6. The topological polar surface area (TPSA) is 18.5 Å². The molecule has 0 radical (unpaired) electrons. The van der Waals surface area contributed by atoms with Gasteiger partial charge in [-0.05, 0) is 48.4 Å². The van der Waals surface area contributed by atoms with E-state index in [-0.39, 0.29) is 12.1 Å². The minimum atomic E-state index is -0.124. The Hall–Kier alpha value is -1.71. The molecule has 0 spiro atoms. The van der Waals surface area contributed by atoms with Crippen molar-refractivity contribution in [2.75, 3.05) is 13.2 Å². The number of hydrogen-bond donors (Lipinski definition) is 0. The summed E-state index contributed by atoms with van der Waals surface area (Å²) in [7, 11) is 0. The van der Waals surface area contributed by atoms with Crippen LogP contribution in [0.1, 0.15) is 89.2 Å². The van der Waals surface area contributed by atoms with Gasteiger partial charge in [0.2, 0.25) is 0 Å². The lowest BCUT2D eigenvalue weighted by Gasteiger charge is -2.29. The molecule has 1 heterocycles. The van der Waals surface area contributed by atoms with E-state index in [0.29, 0.717) is 11.5 Å². The molecule has 0 aromatic heterocycles. The highest BCUT2D eigenvalue weighted by molar-refractivity contribution is 5.64. The quantitative estimate of drug-likeness (QED) is 0.266. The van der Waals surface area contributed by atoms with Gasteiger partial charge >= 0.3 is 0 Å². The van der Waals surface area contributed by atoms with Gasteiger partial charge in [-0.1, -0.05) is 95.2 Å². The van der Waals surface area contributed by atoms with Crippen molar-refractivity contribution in [2.45, 2.75) is 97.2 Å². The molecule has 0 amide bonds. The lowest BCUT2D eigenvalue weighted by Crippen LogP contribution is -2.32. The van der Waals surface area contributed by atoms with Crippen LogP contribution in [-0.4, -0.2) is 19.5 Å². The third-order valence-corrected chi connectivity index (χ3v) is 6.79. The van der Waals surface area contributed by atoms with Crippen molar-refractivity contribution in [3.63, 3.8) is 0 Å². The lowest BCUT2D eigenvalue weighted by atomic mass is 9.98. The fourth-order valence-corrected chi connectivity index (χ4v) is 4.62. The van der Waals surface area contributed by atoms with Crippen LogP contribution in [0.3, 0.4) is 0 Å². The summed E-state index contributed by atoms with van der Waals surface area (Å²) in [6.07, 6.45) is 14.0. The Labute approximate surface area is 200 Å². The lowest BCUT2D eigenvalue weighted by molar-refractivity contribution is -0.203. The second-order valence-electron chi connectivity index (χ2n) is 9.67. The molecule has 2 aromatic carbocycles. The van der Waals surface area contributed by atoms with Crippen molar-refractivity contribution in [1.82, 2.24) is 0 Å². The molecule has 0 N–H and O–H groups in total. The van der Waals surface area contributed by atoms with Crippen molar-refractivity contribution >= 4 is 0 Å². The molecule has 1 saturated heterocycles. The molecule has 0 saturated carbocycles. The van der Waals surface area contributed by atoms with Crippen LogP contribution in [0.25, 0.3) is 11.1 Å². The first-order chi connectivity index (χ1) is 16.2. The maximum atomic E-state index is 14.7. The van der Waals surface area contributed by atoms with Crippen molar-refractivity contribution in [1.29, 1.82) is 0 Å². The van der Waals surface area contributed by atoms with E-state index in [4.69, 9.17) is 9.47 Å². The van der Waals surface area contributed by atoms with E-state index in [1.54, 1.807) is 6.07 Å². The summed E-state index contributed by atoms with van der Waals surface area (Å²) in [6.45, 7) is 6.09. The van der Waals surface area contributed by atoms with Crippen LogP contribution in [0.15, 0.2) is 42.5 Å². The number of rotatable bonds is 14. The Morgan fingerprint density at radius 2 is 1.39 bits per heavy atom. The zero-order valence-electron chi connectivity index (χ0n) is 20.8. The first kappa shape index (κ1) is 25.9. The van der Waals surface area contributed by atoms with Gasteiger partial charge in [0.25, 0.3) is 0 Å². The first-order valence-electron chi connectivity index (χ1n) is 13.3. The van der Waals surface area contributed by atoms with Crippen LogP contribution in [0, 0.1) is 11.7 Å². The van der Waals surface area contributed by atoms with E-state index in [9.17, 15) is 4.39 Å². The summed E-state index contributed by atoms with van der Waals surface area (Å²) in [5.74, 6) is 0.427. The van der Waals surface area contributed by atoms with Gasteiger partial charge in [0.15, 0.2) is 6.29 Å². The standard InChI is InChI=1S/C30H43FO2/c1-3-5-7-8-10-12-26-22-32-30(33-23-26)20-16-24-13-17-27(18-14-24)28-19-15-25(21-29(28)31)11-9-6-4-2/h13-15,17-19,21,26,30H,3-12,16,20,22-23H2,1-2H3. The minimum absolute atomic E-state index is 0.0984. The monoisotopic (exact) mass is 454 g/mol. The van der Waals surface area contributed by atoms with Gasteiger partial charge in [0, 0.05) is 17.9 Å². The predicted molar refractivity (Wildman–Crippen MR) is 136 cm³/mol. The molecule has 3 heteroatoms. The highest BCUT2D eigenvalue weighted by atomic mass is 19.1. The number of hydrogen-bond acceptors (Lipinski definition) is 2. The maximum absolute atomic E-state index is 14.7. The fourth-order valence-electron chi connectivity index (χ4n) is 4.62. The number of halogens is 1. The van der Waals surface area contributed by atoms with Crippen molar-refractivity contribution in [3.8, 4) is 11.1 Å². The summed E-state index contributed by atoms with van der Waals surface area (Å²) in [5, 5.41) is 0. The maximum Gasteiger partial charge on any atom is 0.157 e. The molecular formula is C30H43FO2. The van der Waals surface area contributed by atoms with E-state index < -0.39 is 0 Å². The van der Waals surface area contributed by atoms with E-state index in [1.807, 2.05) is 18.2 Å². The van der Waals surface area contributed by atoms with E-state index in [2.05, 4.69) is 32.0 Å². The van der Waals surface area contributed by atoms with Crippen LogP contribution >= 0.6 is 0 Å². The normalized spacial score (nSPS) is 18.5. The van der Waals surface area contributed by atoms with Gasteiger partial charge in [-0.25, -0.2) is 4.39 Å². The van der Waals surface area contributed by atoms with Gasteiger partial charge in [-0.15, -0.1) is 0 Å². The summed E-state index contributed by atoms with van der Waals surface area (Å²) in [6, 6.07) is 14.0. The minimum Gasteiger partial charge on any atom is -0.352 e. The smallest absolute Gasteiger partial charge is 0.157 e. The van der Waals surface area contributed by atoms with Crippen LogP contribution in [0.4, 0.5) is 4.39 Å².